The summed E-state index contributed by atoms with van der Waals surface area (Å²) in [7, 11) is -9.60. The van der Waals surface area contributed by atoms with Crippen molar-refractivity contribution in [3.63, 3.8) is 0 Å². The minimum Gasteiger partial charge on any atom is -0.768 e. The monoisotopic (exact) mass is 623 g/mol. The van der Waals surface area contributed by atoms with Crippen molar-refractivity contribution in [3.05, 3.63) is 46.8 Å². The molecule has 0 fully saturated rings. The first-order chi connectivity index (χ1) is 18.9. The fourth-order valence-electron chi connectivity index (χ4n) is 3.46. The van der Waals surface area contributed by atoms with Crippen molar-refractivity contribution in [2.24, 2.45) is 0 Å². The molecule has 40 heavy (non-hydrogen) atoms. The number of nitriles is 1. The van der Waals surface area contributed by atoms with E-state index in [0.717, 1.165) is 12.1 Å². The van der Waals surface area contributed by atoms with Crippen molar-refractivity contribution in [2.45, 2.75) is 24.0 Å². The molecule has 1 unspecified atom stereocenters. The van der Waals surface area contributed by atoms with Gasteiger partial charge in [-0.3, -0.25) is 4.57 Å². The molecule has 1 aromatic heterocycles. The van der Waals surface area contributed by atoms with Gasteiger partial charge in [0.25, 0.3) is 10.0 Å². The molecule has 0 aliphatic rings. The normalized spacial score (nSPS) is 13.2. The molecule has 0 aliphatic carbocycles. The average molecular weight is 624 g/mol. The number of nitrogens with one attached hydrogen (secondary N) is 1. The highest BCUT2D eigenvalue weighted by Crippen LogP contribution is 2.46. The SMILES string of the molecule is Cc1c(S(=O)(=O)NCP(=O)([O-])Oc2ccc(C#N)c(F)c2)sc2c(F)c(OCCC[NH3+])c(OCCC[NH3+])c(F)c12. The maximum Gasteiger partial charge on any atom is 0.250 e. The van der Waals surface area contributed by atoms with Crippen molar-refractivity contribution < 1.29 is 56.5 Å². The summed E-state index contributed by atoms with van der Waals surface area (Å²) in [6.45, 7) is 2.21. The van der Waals surface area contributed by atoms with E-state index in [2.05, 4.69) is 11.5 Å². The Hall–Kier alpha value is -2.90. The van der Waals surface area contributed by atoms with E-state index in [1.165, 1.54) is 6.92 Å². The van der Waals surface area contributed by atoms with Gasteiger partial charge in [0.2, 0.25) is 11.5 Å². The molecule has 3 aromatic rings. The van der Waals surface area contributed by atoms with Crippen LogP contribution in [0.25, 0.3) is 10.1 Å². The molecule has 1 atom stereocenters. The summed E-state index contributed by atoms with van der Waals surface area (Å²) in [6, 6.07) is 4.24. The number of hydrogen-bond donors (Lipinski definition) is 3. The Balaban J connectivity index is 1.94. The van der Waals surface area contributed by atoms with Crippen molar-refractivity contribution in [1.29, 1.82) is 5.26 Å². The number of benzene rings is 2. The van der Waals surface area contributed by atoms with Crippen LogP contribution >= 0.6 is 18.9 Å². The molecule has 0 spiro atoms. The van der Waals surface area contributed by atoms with Crippen LogP contribution in [0.5, 0.6) is 17.2 Å². The van der Waals surface area contributed by atoms with Gasteiger partial charge in [-0.15, -0.1) is 11.3 Å². The Morgan fingerprint density at radius 1 is 1.10 bits per heavy atom. The number of hydrogen-bond acceptors (Lipinski definition) is 9. The van der Waals surface area contributed by atoms with Crippen LogP contribution in [-0.2, 0) is 14.6 Å². The van der Waals surface area contributed by atoms with Gasteiger partial charge < -0.3 is 30.4 Å². The first-order valence-electron chi connectivity index (χ1n) is 11.8. The average Bonchev–Trinajstić information content (AvgIpc) is 3.26. The van der Waals surface area contributed by atoms with Crippen LogP contribution in [-0.4, -0.2) is 41.0 Å². The molecule has 0 amide bonds. The highest BCUT2D eigenvalue weighted by molar-refractivity contribution is 7.92. The lowest BCUT2D eigenvalue weighted by Crippen LogP contribution is -2.50. The van der Waals surface area contributed by atoms with Crippen LogP contribution in [0.4, 0.5) is 13.2 Å². The molecular weight excluding hydrogens is 596 g/mol. The second-order valence-electron chi connectivity index (χ2n) is 8.38. The van der Waals surface area contributed by atoms with E-state index in [4.69, 9.17) is 19.3 Å². The van der Waals surface area contributed by atoms with E-state index < -0.39 is 62.8 Å². The van der Waals surface area contributed by atoms with Crippen molar-refractivity contribution in [3.8, 4) is 23.3 Å². The van der Waals surface area contributed by atoms with Gasteiger partial charge in [-0.1, -0.05) is 0 Å². The summed E-state index contributed by atoms with van der Waals surface area (Å²) >= 11 is 0.387. The van der Waals surface area contributed by atoms with Crippen LogP contribution in [0.2, 0.25) is 0 Å². The minimum absolute atomic E-state index is 0.00881. The van der Waals surface area contributed by atoms with E-state index in [-0.39, 0.29) is 34.4 Å². The molecule has 0 saturated heterocycles. The smallest absolute Gasteiger partial charge is 0.250 e. The maximum atomic E-state index is 15.6. The second-order valence-corrected chi connectivity index (χ2v) is 13.1. The Kier molecular flexibility index (Phi) is 10.4. The summed E-state index contributed by atoms with van der Waals surface area (Å²) in [5.41, 5.74) is 6.81. The standard InChI is InChI=1S/C23H26F3N4O7PS2/c1-13-17-18(25)20(35-8-2-6-27)21(36-9-3-7-28)19(26)22(17)39-23(13)40(33,34)30-12-38(31,32)37-15-5-4-14(11-29)16(24)10-15/h4-5,10,30H,2-3,6-9,12,27-28H2,1H3,(H,31,32)/p+1. The molecule has 218 valence electrons. The number of rotatable bonds is 14. The zero-order valence-electron chi connectivity index (χ0n) is 21.3. The Labute approximate surface area is 232 Å². The molecule has 11 nitrogen and oxygen atoms in total. The molecule has 17 heteroatoms. The lowest BCUT2D eigenvalue weighted by atomic mass is 10.1. The second kappa shape index (κ2) is 13.2. The van der Waals surface area contributed by atoms with Crippen LogP contribution in [0.1, 0.15) is 24.0 Å². The molecule has 7 N–H and O–H groups in total. The molecule has 0 radical (unpaired) electrons. The molecule has 1 heterocycles. The molecule has 0 aliphatic heterocycles. The summed E-state index contributed by atoms with van der Waals surface area (Å²) in [4.78, 5) is 12.4. The van der Waals surface area contributed by atoms with Crippen LogP contribution in [0.3, 0.4) is 0 Å². The highest BCUT2D eigenvalue weighted by atomic mass is 32.2. The van der Waals surface area contributed by atoms with Gasteiger partial charge >= 0.3 is 0 Å². The Bertz CT molecular complexity index is 1600. The third-order valence-electron chi connectivity index (χ3n) is 5.41. The fourth-order valence-corrected chi connectivity index (χ4v) is 7.74. The van der Waals surface area contributed by atoms with Crippen LogP contribution in [0.15, 0.2) is 22.4 Å². The zero-order valence-corrected chi connectivity index (χ0v) is 23.8. The number of nitrogens with zero attached hydrogens (tertiary/aromatic N) is 1. The number of sulfonamides is 1. The number of ether oxygens (including phenoxy) is 2. The van der Waals surface area contributed by atoms with E-state index in [1.807, 2.05) is 4.72 Å². The zero-order chi connectivity index (χ0) is 29.7. The van der Waals surface area contributed by atoms with Crippen molar-refractivity contribution in [2.75, 3.05) is 32.6 Å². The van der Waals surface area contributed by atoms with Crippen LogP contribution in [0, 0.1) is 35.7 Å². The Morgan fingerprint density at radius 2 is 1.70 bits per heavy atom. The van der Waals surface area contributed by atoms with E-state index >= 15 is 8.78 Å². The maximum absolute atomic E-state index is 15.6. The van der Waals surface area contributed by atoms with Gasteiger partial charge in [-0.25, -0.2) is 26.3 Å². The number of halogens is 3. The first kappa shape index (κ1) is 31.6. The number of thiophene rings is 1. The lowest BCUT2D eigenvalue weighted by molar-refractivity contribution is -0.369. The topological polar surface area (TPSA) is 193 Å². The highest BCUT2D eigenvalue weighted by Gasteiger charge is 2.31. The number of aryl methyl sites for hydroxylation is 1. The molecule has 0 saturated carbocycles. The van der Waals surface area contributed by atoms with Gasteiger partial charge in [0.1, 0.15) is 21.8 Å². The minimum atomic E-state index is -4.97. The van der Waals surface area contributed by atoms with E-state index in [0.29, 0.717) is 43.3 Å². The van der Waals surface area contributed by atoms with E-state index in [1.54, 1.807) is 6.07 Å². The largest absolute Gasteiger partial charge is 0.768 e. The number of fused-ring (bicyclic) bond motifs is 1. The lowest BCUT2D eigenvalue weighted by Gasteiger charge is -2.24. The van der Waals surface area contributed by atoms with E-state index in [9.17, 15) is 22.3 Å². The molecule has 0 bridgehead atoms. The fraction of sp³-hybridized carbons (Fsp3) is 0.348. The molecule has 3 rings (SSSR count). The van der Waals surface area contributed by atoms with Gasteiger partial charge in [0.15, 0.2) is 19.2 Å². The molecule has 2 aromatic carbocycles. The summed E-state index contributed by atoms with van der Waals surface area (Å²) in [6.07, 6.45) is -0.374. The first-order valence-corrected chi connectivity index (χ1v) is 15.9. The van der Waals surface area contributed by atoms with Gasteiger partial charge in [-0.2, -0.15) is 5.26 Å². The predicted octanol–water partition coefficient (Wildman–Crippen LogP) is 1.39. The third-order valence-corrected chi connectivity index (χ3v) is 9.96. The summed E-state index contributed by atoms with van der Waals surface area (Å²) in [5.74, 6) is -4.58. The van der Waals surface area contributed by atoms with Gasteiger partial charge in [0.05, 0.1) is 42.9 Å². The van der Waals surface area contributed by atoms with Crippen molar-refractivity contribution in [1.82, 2.24) is 4.72 Å². The van der Waals surface area contributed by atoms with Gasteiger partial charge in [0, 0.05) is 24.3 Å². The molecular formula is C23H27F3N4O7PS2+. The van der Waals surface area contributed by atoms with Crippen molar-refractivity contribution >= 4 is 39.0 Å². The Morgan fingerprint density at radius 3 is 2.25 bits per heavy atom. The third kappa shape index (κ3) is 7.05. The summed E-state index contributed by atoms with van der Waals surface area (Å²) < 4.78 is 100. The summed E-state index contributed by atoms with van der Waals surface area (Å²) in [5, 5.41) is 8.42. The quantitative estimate of drug-likeness (QED) is 0.177. The predicted molar refractivity (Wildman–Crippen MR) is 137 cm³/mol. The van der Waals surface area contributed by atoms with Gasteiger partial charge in [-0.05, 0) is 24.6 Å². The van der Waals surface area contributed by atoms with Crippen LogP contribution < -0.4 is 35.1 Å². The number of quaternary nitrogens is 2.